The Bertz CT molecular complexity index is 586. The Morgan fingerprint density at radius 2 is 2.05 bits per heavy atom. The lowest BCUT2D eigenvalue weighted by atomic mass is 10.1. The zero-order chi connectivity index (χ0) is 13.8. The predicted octanol–water partition coefficient (Wildman–Crippen LogP) is 2.81. The van der Waals surface area contributed by atoms with Crippen molar-refractivity contribution in [3.05, 3.63) is 58.7 Å². The second-order valence-corrected chi connectivity index (χ2v) is 4.60. The molecule has 5 heteroatoms. The standard InChI is InChI=1S/C14H14ClN3O/c1-9(10-5-3-2-4-6-10)18-14(19)11-7-13(16)17-8-12(11)15/h2-9H,1H3,(H2,16,17)(H,18,19). The van der Waals surface area contributed by atoms with Gasteiger partial charge in [0.2, 0.25) is 0 Å². The van der Waals surface area contributed by atoms with Crippen molar-refractivity contribution in [2.24, 2.45) is 0 Å². The molecule has 3 N–H and O–H groups in total. The minimum absolute atomic E-state index is 0.112. The summed E-state index contributed by atoms with van der Waals surface area (Å²) >= 11 is 5.94. The van der Waals surface area contributed by atoms with Crippen molar-refractivity contribution in [3.63, 3.8) is 0 Å². The third kappa shape index (κ3) is 3.23. The number of amides is 1. The highest BCUT2D eigenvalue weighted by atomic mass is 35.5. The molecule has 0 aliphatic heterocycles. The summed E-state index contributed by atoms with van der Waals surface area (Å²) in [7, 11) is 0. The maximum atomic E-state index is 12.1. The summed E-state index contributed by atoms with van der Waals surface area (Å²) in [6, 6.07) is 11.0. The number of nitrogen functional groups attached to an aromatic ring is 1. The highest BCUT2D eigenvalue weighted by Gasteiger charge is 2.14. The molecule has 2 rings (SSSR count). The van der Waals surface area contributed by atoms with Crippen LogP contribution in [0.15, 0.2) is 42.6 Å². The minimum Gasteiger partial charge on any atom is -0.384 e. The van der Waals surface area contributed by atoms with E-state index in [9.17, 15) is 4.79 Å². The fraction of sp³-hybridized carbons (Fsp3) is 0.143. The van der Waals surface area contributed by atoms with Gasteiger partial charge in [0.25, 0.3) is 5.91 Å². The van der Waals surface area contributed by atoms with Crippen LogP contribution in [0.5, 0.6) is 0 Å². The number of anilines is 1. The molecule has 98 valence electrons. The van der Waals surface area contributed by atoms with Gasteiger partial charge in [-0.05, 0) is 18.6 Å². The first kappa shape index (κ1) is 13.4. The summed E-state index contributed by atoms with van der Waals surface area (Å²) in [5.41, 5.74) is 6.91. The summed E-state index contributed by atoms with van der Waals surface area (Å²) in [5, 5.41) is 3.16. The molecule has 0 radical (unpaired) electrons. The highest BCUT2D eigenvalue weighted by Crippen LogP contribution is 2.18. The van der Waals surface area contributed by atoms with Crippen LogP contribution in [0.3, 0.4) is 0 Å². The molecule has 1 atom stereocenters. The van der Waals surface area contributed by atoms with Gasteiger partial charge in [0.1, 0.15) is 5.82 Å². The third-order valence-corrected chi connectivity index (χ3v) is 3.07. The Morgan fingerprint density at radius 3 is 2.74 bits per heavy atom. The zero-order valence-corrected chi connectivity index (χ0v) is 11.2. The Kier molecular flexibility index (Phi) is 4.02. The molecular formula is C14H14ClN3O. The Morgan fingerprint density at radius 1 is 1.37 bits per heavy atom. The van der Waals surface area contributed by atoms with E-state index in [4.69, 9.17) is 17.3 Å². The maximum absolute atomic E-state index is 12.1. The van der Waals surface area contributed by atoms with Gasteiger partial charge >= 0.3 is 0 Å². The summed E-state index contributed by atoms with van der Waals surface area (Å²) < 4.78 is 0. The average Bonchev–Trinajstić information content (AvgIpc) is 2.42. The number of pyridine rings is 1. The van der Waals surface area contributed by atoms with Crippen LogP contribution in [-0.4, -0.2) is 10.9 Å². The molecule has 1 unspecified atom stereocenters. The SMILES string of the molecule is CC(NC(=O)c1cc(N)ncc1Cl)c1ccccc1. The molecule has 4 nitrogen and oxygen atoms in total. The van der Waals surface area contributed by atoms with Gasteiger partial charge < -0.3 is 11.1 Å². The van der Waals surface area contributed by atoms with Crippen LogP contribution in [0.1, 0.15) is 28.9 Å². The van der Waals surface area contributed by atoms with E-state index in [1.807, 2.05) is 37.3 Å². The van der Waals surface area contributed by atoms with E-state index in [0.29, 0.717) is 5.56 Å². The summed E-state index contributed by atoms with van der Waals surface area (Å²) in [5.74, 6) is -0.00244. The highest BCUT2D eigenvalue weighted by molar-refractivity contribution is 6.33. The van der Waals surface area contributed by atoms with E-state index < -0.39 is 0 Å². The molecule has 1 amide bonds. The molecule has 2 aromatic rings. The van der Waals surface area contributed by atoms with Gasteiger partial charge in [-0.1, -0.05) is 41.9 Å². The number of carbonyl (C=O) groups excluding carboxylic acids is 1. The lowest BCUT2D eigenvalue weighted by molar-refractivity contribution is 0.0940. The number of halogens is 1. The van der Waals surface area contributed by atoms with Crippen LogP contribution in [0.4, 0.5) is 5.82 Å². The molecule has 0 saturated heterocycles. The molecule has 0 bridgehead atoms. The van der Waals surface area contributed by atoms with Crippen molar-refractivity contribution in [2.45, 2.75) is 13.0 Å². The number of hydrogen-bond acceptors (Lipinski definition) is 3. The van der Waals surface area contributed by atoms with E-state index in [1.165, 1.54) is 12.3 Å². The van der Waals surface area contributed by atoms with E-state index in [1.54, 1.807) is 0 Å². The van der Waals surface area contributed by atoms with Crippen LogP contribution in [-0.2, 0) is 0 Å². The molecule has 0 aliphatic carbocycles. The number of hydrogen-bond donors (Lipinski definition) is 2. The summed E-state index contributed by atoms with van der Waals surface area (Å²) in [4.78, 5) is 15.9. The van der Waals surface area contributed by atoms with Crippen molar-refractivity contribution in [1.82, 2.24) is 10.3 Å². The third-order valence-electron chi connectivity index (χ3n) is 2.77. The molecule has 1 aromatic heterocycles. The Balaban J connectivity index is 2.15. The van der Waals surface area contributed by atoms with Crippen molar-refractivity contribution >= 4 is 23.3 Å². The van der Waals surface area contributed by atoms with Crippen molar-refractivity contribution in [2.75, 3.05) is 5.73 Å². The van der Waals surface area contributed by atoms with Crippen LogP contribution < -0.4 is 11.1 Å². The average molecular weight is 276 g/mol. The largest absolute Gasteiger partial charge is 0.384 e. The lowest BCUT2D eigenvalue weighted by Crippen LogP contribution is -2.27. The van der Waals surface area contributed by atoms with Gasteiger partial charge in [-0.25, -0.2) is 4.98 Å². The summed E-state index contributed by atoms with van der Waals surface area (Å²) in [6.07, 6.45) is 1.37. The van der Waals surface area contributed by atoms with Crippen LogP contribution in [0.25, 0.3) is 0 Å². The van der Waals surface area contributed by atoms with Crippen molar-refractivity contribution < 1.29 is 4.79 Å². The maximum Gasteiger partial charge on any atom is 0.253 e. The number of nitrogens with two attached hydrogens (primary N) is 1. The van der Waals surface area contributed by atoms with Gasteiger partial charge in [0.05, 0.1) is 16.6 Å². The first-order valence-electron chi connectivity index (χ1n) is 5.84. The topological polar surface area (TPSA) is 68.0 Å². The number of carbonyl (C=O) groups is 1. The molecule has 1 heterocycles. The van der Waals surface area contributed by atoms with E-state index >= 15 is 0 Å². The van der Waals surface area contributed by atoms with Crippen molar-refractivity contribution in [3.8, 4) is 0 Å². The second kappa shape index (κ2) is 5.71. The van der Waals surface area contributed by atoms with Gasteiger partial charge in [-0.3, -0.25) is 4.79 Å². The number of nitrogens with one attached hydrogen (secondary N) is 1. The Hall–Kier alpha value is -2.07. The first-order chi connectivity index (χ1) is 9.08. The predicted molar refractivity (Wildman–Crippen MR) is 76.0 cm³/mol. The van der Waals surface area contributed by atoms with E-state index in [2.05, 4.69) is 10.3 Å². The minimum atomic E-state index is -0.268. The smallest absolute Gasteiger partial charge is 0.253 e. The normalized spacial score (nSPS) is 11.9. The molecule has 0 saturated carbocycles. The molecule has 19 heavy (non-hydrogen) atoms. The number of nitrogens with zero attached hydrogens (tertiary/aromatic N) is 1. The molecule has 0 spiro atoms. The van der Waals surface area contributed by atoms with Crippen LogP contribution in [0, 0.1) is 0 Å². The van der Waals surface area contributed by atoms with E-state index in [-0.39, 0.29) is 22.8 Å². The fourth-order valence-corrected chi connectivity index (χ4v) is 1.92. The molecular weight excluding hydrogens is 262 g/mol. The van der Waals surface area contributed by atoms with Gasteiger partial charge in [0.15, 0.2) is 0 Å². The van der Waals surface area contributed by atoms with Crippen LogP contribution in [0.2, 0.25) is 5.02 Å². The monoisotopic (exact) mass is 275 g/mol. The summed E-state index contributed by atoms with van der Waals surface area (Å²) in [6.45, 7) is 1.91. The second-order valence-electron chi connectivity index (χ2n) is 4.19. The van der Waals surface area contributed by atoms with E-state index in [0.717, 1.165) is 5.56 Å². The number of benzene rings is 1. The molecule has 0 aliphatic rings. The van der Waals surface area contributed by atoms with Crippen LogP contribution >= 0.6 is 11.6 Å². The van der Waals surface area contributed by atoms with Gasteiger partial charge in [0, 0.05) is 6.20 Å². The first-order valence-corrected chi connectivity index (χ1v) is 6.22. The number of rotatable bonds is 3. The van der Waals surface area contributed by atoms with Crippen molar-refractivity contribution in [1.29, 1.82) is 0 Å². The Labute approximate surface area is 116 Å². The van der Waals surface area contributed by atoms with Gasteiger partial charge in [-0.15, -0.1) is 0 Å². The van der Waals surface area contributed by atoms with Gasteiger partial charge in [-0.2, -0.15) is 0 Å². The quantitative estimate of drug-likeness (QED) is 0.905. The fourth-order valence-electron chi connectivity index (χ4n) is 1.73. The molecule has 1 aromatic carbocycles. The molecule has 0 fully saturated rings. The number of aromatic nitrogens is 1. The zero-order valence-electron chi connectivity index (χ0n) is 10.4. The lowest BCUT2D eigenvalue weighted by Gasteiger charge is -2.14.